The van der Waals surface area contributed by atoms with Crippen LogP contribution in [0.2, 0.25) is 0 Å². The molecule has 0 spiro atoms. The lowest BCUT2D eigenvalue weighted by Gasteiger charge is -2.35. The first-order valence-electron chi connectivity index (χ1n) is 7.05. The van der Waals surface area contributed by atoms with Crippen molar-refractivity contribution in [3.63, 3.8) is 0 Å². The minimum atomic E-state index is 0.308. The van der Waals surface area contributed by atoms with Crippen LogP contribution in [0.1, 0.15) is 39.5 Å². The second-order valence-electron chi connectivity index (χ2n) is 6.03. The molecule has 2 rings (SSSR count). The van der Waals surface area contributed by atoms with Crippen LogP contribution in [0, 0.1) is 11.3 Å². The maximum Gasteiger partial charge on any atom is 0.194 e. The van der Waals surface area contributed by atoms with E-state index >= 15 is 0 Å². The minimum Gasteiger partial charge on any atom is -0.370 e. The lowest BCUT2D eigenvalue weighted by molar-refractivity contribution is 0.187. The van der Waals surface area contributed by atoms with Crippen LogP contribution in [0.4, 0.5) is 5.82 Å². The zero-order valence-corrected chi connectivity index (χ0v) is 11.9. The van der Waals surface area contributed by atoms with Crippen LogP contribution >= 0.6 is 0 Å². The van der Waals surface area contributed by atoms with Gasteiger partial charge >= 0.3 is 0 Å². The average molecular weight is 260 g/mol. The standard InChI is InChI=1S/C15H24N4/c1-12-6-8-15(2,9-7-12)11-18-14(16)19-13-5-3-4-10-17-13/h3-5,10,12H,6-9,11H2,1-2H3,(H3,16,17,18,19). The highest BCUT2D eigenvalue weighted by molar-refractivity contribution is 5.91. The monoisotopic (exact) mass is 260 g/mol. The predicted octanol–water partition coefficient (Wildman–Crippen LogP) is 3.02. The number of nitrogens with two attached hydrogens (primary N) is 1. The number of hydrogen-bond donors (Lipinski definition) is 2. The Hall–Kier alpha value is -1.58. The molecule has 0 amide bonds. The molecule has 0 saturated heterocycles. The van der Waals surface area contributed by atoms with Crippen LogP contribution in [0.3, 0.4) is 0 Å². The summed E-state index contributed by atoms with van der Waals surface area (Å²) in [4.78, 5) is 8.65. The Bertz CT molecular complexity index is 419. The van der Waals surface area contributed by atoms with Gasteiger partial charge in [0, 0.05) is 12.7 Å². The first kappa shape index (κ1) is 13.8. The van der Waals surface area contributed by atoms with E-state index in [1.54, 1.807) is 6.20 Å². The highest BCUT2D eigenvalue weighted by atomic mass is 15.1. The van der Waals surface area contributed by atoms with Gasteiger partial charge in [-0.2, -0.15) is 0 Å². The summed E-state index contributed by atoms with van der Waals surface area (Å²) in [5, 5.41) is 3.02. The Morgan fingerprint density at radius 1 is 1.47 bits per heavy atom. The van der Waals surface area contributed by atoms with Crippen molar-refractivity contribution in [1.29, 1.82) is 0 Å². The quantitative estimate of drug-likeness (QED) is 0.648. The lowest BCUT2D eigenvalue weighted by Crippen LogP contribution is -2.30. The van der Waals surface area contributed by atoms with Crippen LogP contribution in [-0.4, -0.2) is 17.5 Å². The van der Waals surface area contributed by atoms with Crippen molar-refractivity contribution in [2.75, 3.05) is 11.9 Å². The first-order chi connectivity index (χ1) is 9.07. The molecule has 19 heavy (non-hydrogen) atoms. The fraction of sp³-hybridized carbons (Fsp3) is 0.600. The van der Waals surface area contributed by atoms with Gasteiger partial charge in [-0.05, 0) is 36.3 Å². The number of nitrogens with zero attached hydrogens (tertiary/aromatic N) is 2. The zero-order valence-electron chi connectivity index (χ0n) is 11.9. The van der Waals surface area contributed by atoms with Gasteiger partial charge in [0.15, 0.2) is 5.96 Å². The molecule has 0 bridgehead atoms. The van der Waals surface area contributed by atoms with E-state index in [2.05, 4.69) is 29.1 Å². The Morgan fingerprint density at radius 2 is 2.21 bits per heavy atom. The van der Waals surface area contributed by atoms with E-state index in [0.717, 1.165) is 18.3 Å². The molecule has 1 aromatic heterocycles. The predicted molar refractivity (Wildman–Crippen MR) is 80.1 cm³/mol. The molecular weight excluding hydrogens is 236 g/mol. The van der Waals surface area contributed by atoms with Gasteiger partial charge in [-0.3, -0.25) is 4.99 Å². The topological polar surface area (TPSA) is 63.3 Å². The van der Waals surface area contributed by atoms with E-state index in [9.17, 15) is 0 Å². The Kier molecular flexibility index (Phi) is 4.40. The van der Waals surface area contributed by atoms with Gasteiger partial charge in [0.05, 0.1) is 0 Å². The van der Waals surface area contributed by atoms with E-state index < -0.39 is 0 Å². The van der Waals surface area contributed by atoms with Crippen LogP contribution in [0.15, 0.2) is 29.4 Å². The number of rotatable bonds is 3. The van der Waals surface area contributed by atoms with Crippen molar-refractivity contribution in [3.05, 3.63) is 24.4 Å². The molecule has 0 aliphatic heterocycles. The molecule has 4 heteroatoms. The number of pyridine rings is 1. The molecule has 4 nitrogen and oxygen atoms in total. The van der Waals surface area contributed by atoms with Crippen molar-refractivity contribution >= 4 is 11.8 Å². The van der Waals surface area contributed by atoms with Gasteiger partial charge in [0.1, 0.15) is 5.82 Å². The second kappa shape index (κ2) is 6.04. The normalized spacial score (nSPS) is 28.1. The van der Waals surface area contributed by atoms with Gasteiger partial charge in [0.2, 0.25) is 0 Å². The van der Waals surface area contributed by atoms with Gasteiger partial charge in [-0.15, -0.1) is 0 Å². The molecule has 1 aromatic rings. The molecule has 1 saturated carbocycles. The van der Waals surface area contributed by atoms with E-state index in [0.29, 0.717) is 11.4 Å². The number of hydrogen-bond acceptors (Lipinski definition) is 2. The molecule has 0 unspecified atom stereocenters. The SMILES string of the molecule is CC1CCC(C)(CN=C(N)Nc2ccccn2)CC1. The fourth-order valence-electron chi connectivity index (χ4n) is 2.50. The molecule has 1 aliphatic carbocycles. The summed E-state index contributed by atoms with van der Waals surface area (Å²) in [6.07, 6.45) is 6.84. The Labute approximate surface area is 115 Å². The summed E-state index contributed by atoms with van der Waals surface area (Å²) in [6, 6.07) is 5.68. The highest BCUT2D eigenvalue weighted by Crippen LogP contribution is 2.38. The van der Waals surface area contributed by atoms with E-state index in [1.165, 1.54) is 25.7 Å². The van der Waals surface area contributed by atoms with Crippen LogP contribution in [0.5, 0.6) is 0 Å². The van der Waals surface area contributed by atoms with Crippen molar-refractivity contribution in [2.45, 2.75) is 39.5 Å². The lowest BCUT2D eigenvalue weighted by atomic mass is 9.72. The molecular formula is C15H24N4. The van der Waals surface area contributed by atoms with E-state index in [-0.39, 0.29) is 0 Å². The number of nitrogens with one attached hydrogen (secondary N) is 1. The number of aromatic nitrogens is 1. The highest BCUT2D eigenvalue weighted by Gasteiger charge is 2.29. The number of guanidine groups is 1. The summed E-state index contributed by atoms with van der Waals surface area (Å²) in [5.41, 5.74) is 6.22. The maximum atomic E-state index is 5.91. The fourth-order valence-corrected chi connectivity index (χ4v) is 2.50. The van der Waals surface area contributed by atoms with Gasteiger partial charge in [-0.25, -0.2) is 4.98 Å². The van der Waals surface area contributed by atoms with Crippen LogP contribution < -0.4 is 11.1 Å². The summed E-state index contributed by atoms with van der Waals surface area (Å²) in [5.74, 6) is 2.06. The van der Waals surface area contributed by atoms with Gasteiger partial charge in [-0.1, -0.05) is 32.8 Å². The summed E-state index contributed by atoms with van der Waals surface area (Å²) in [6.45, 7) is 5.45. The first-order valence-corrected chi connectivity index (χ1v) is 7.05. The van der Waals surface area contributed by atoms with Crippen molar-refractivity contribution < 1.29 is 0 Å². The second-order valence-corrected chi connectivity index (χ2v) is 6.03. The molecule has 3 N–H and O–H groups in total. The summed E-state index contributed by atoms with van der Waals surface area (Å²) in [7, 11) is 0. The molecule has 1 aliphatic rings. The van der Waals surface area contributed by atoms with Gasteiger partial charge < -0.3 is 11.1 Å². The Morgan fingerprint density at radius 3 is 2.84 bits per heavy atom. The van der Waals surface area contributed by atoms with Crippen LogP contribution in [-0.2, 0) is 0 Å². The van der Waals surface area contributed by atoms with Crippen molar-refractivity contribution in [3.8, 4) is 0 Å². The molecule has 1 fully saturated rings. The van der Waals surface area contributed by atoms with E-state index in [4.69, 9.17) is 5.73 Å². The molecule has 0 aromatic carbocycles. The summed E-state index contributed by atoms with van der Waals surface area (Å²) < 4.78 is 0. The molecule has 0 atom stereocenters. The zero-order chi connectivity index (χ0) is 13.7. The summed E-state index contributed by atoms with van der Waals surface area (Å²) >= 11 is 0. The third-order valence-electron chi connectivity index (χ3n) is 4.03. The molecule has 1 heterocycles. The molecule has 0 radical (unpaired) electrons. The molecule has 104 valence electrons. The average Bonchev–Trinajstić information content (AvgIpc) is 2.42. The number of aliphatic imine (C=N–C) groups is 1. The third kappa shape index (κ3) is 4.23. The maximum absolute atomic E-state index is 5.91. The largest absolute Gasteiger partial charge is 0.370 e. The number of anilines is 1. The van der Waals surface area contributed by atoms with Crippen LogP contribution in [0.25, 0.3) is 0 Å². The van der Waals surface area contributed by atoms with E-state index in [1.807, 2.05) is 18.2 Å². The van der Waals surface area contributed by atoms with Crippen molar-refractivity contribution in [2.24, 2.45) is 22.1 Å². The smallest absolute Gasteiger partial charge is 0.194 e. The minimum absolute atomic E-state index is 0.308. The Balaban J connectivity index is 1.87. The van der Waals surface area contributed by atoms with Gasteiger partial charge in [0.25, 0.3) is 0 Å². The third-order valence-corrected chi connectivity index (χ3v) is 4.03. The van der Waals surface area contributed by atoms with Crippen molar-refractivity contribution in [1.82, 2.24) is 4.98 Å².